The Morgan fingerprint density at radius 2 is 2.21 bits per heavy atom. The molecule has 0 saturated carbocycles. The molecule has 1 atom stereocenters. The molecule has 1 aromatic heterocycles. The van der Waals surface area contributed by atoms with Crippen molar-refractivity contribution in [3.05, 3.63) is 6.33 Å². The molecule has 0 aromatic carbocycles. The smallest absolute Gasteiger partial charge is 0.254 e. The Morgan fingerprint density at radius 1 is 1.50 bits per heavy atom. The molecule has 0 saturated heterocycles. The zero-order valence-corrected chi connectivity index (χ0v) is 8.30. The molecule has 0 aliphatic carbocycles. The summed E-state index contributed by atoms with van der Waals surface area (Å²) in [7, 11) is 1.67. The summed E-state index contributed by atoms with van der Waals surface area (Å²) in [6.07, 6.45) is 1.49. The standard InChI is InChI=1S/C8H11N5O/c1-5-6(2)11-13-4-9-10-8(13)12(3)7(5)14/h4-5H,1-3H3. The predicted molar refractivity (Wildman–Crippen MR) is 51.1 cm³/mol. The molecule has 6 nitrogen and oxygen atoms in total. The fraction of sp³-hybridized carbons (Fsp3) is 0.500. The van der Waals surface area contributed by atoms with Crippen LogP contribution in [0.4, 0.5) is 5.95 Å². The lowest BCUT2D eigenvalue weighted by molar-refractivity contribution is -0.119. The molecule has 0 spiro atoms. The van der Waals surface area contributed by atoms with Crippen molar-refractivity contribution in [3.63, 3.8) is 0 Å². The fourth-order valence-electron chi connectivity index (χ4n) is 1.34. The van der Waals surface area contributed by atoms with E-state index in [1.165, 1.54) is 15.9 Å². The second-order valence-corrected chi connectivity index (χ2v) is 3.34. The molecule has 1 aromatic rings. The van der Waals surface area contributed by atoms with Gasteiger partial charge in [0.1, 0.15) is 6.33 Å². The Balaban J connectivity index is 2.57. The lowest BCUT2D eigenvalue weighted by Gasteiger charge is -2.14. The molecular weight excluding hydrogens is 182 g/mol. The number of nitrogens with zero attached hydrogens (tertiary/aromatic N) is 5. The minimum absolute atomic E-state index is 0.0157. The lowest BCUT2D eigenvalue weighted by atomic mass is 10.1. The Kier molecular flexibility index (Phi) is 1.83. The van der Waals surface area contributed by atoms with Crippen molar-refractivity contribution in [1.82, 2.24) is 14.9 Å². The first kappa shape index (κ1) is 8.86. The van der Waals surface area contributed by atoms with E-state index >= 15 is 0 Å². The van der Waals surface area contributed by atoms with Gasteiger partial charge in [0, 0.05) is 12.8 Å². The van der Waals surface area contributed by atoms with Crippen molar-refractivity contribution >= 4 is 17.6 Å². The van der Waals surface area contributed by atoms with Gasteiger partial charge in [-0.05, 0) is 13.8 Å². The molecule has 0 N–H and O–H groups in total. The van der Waals surface area contributed by atoms with Gasteiger partial charge in [0.05, 0.1) is 5.92 Å². The minimum Gasteiger partial charge on any atom is -0.282 e. The Bertz CT molecular complexity index is 408. The molecule has 1 aliphatic heterocycles. The molecule has 14 heavy (non-hydrogen) atoms. The highest BCUT2D eigenvalue weighted by Gasteiger charge is 2.27. The summed E-state index contributed by atoms with van der Waals surface area (Å²) >= 11 is 0. The number of fused-ring (bicyclic) bond motifs is 1. The summed E-state index contributed by atoms with van der Waals surface area (Å²) in [5, 5.41) is 11.8. The SMILES string of the molecule is CC1=Nn2cnnc2N(C)C(=O)C1C. The maximum atomic E-state index is 11.8. The molecular formula is C8H11N5O. The average Bonchev–Trinajstić information content (AvgIpc) is 2.59. The molecule has 1 unspecified atom stereocenters. The van der Waals surface area contributed by atoms with Crippen LogP contribution in [0.25, 0.3) is 0 Å². The summed E-state index contributed by atoms with van der Waals surface area (Å²) in [4.78, 5) is 13.3. The van der Waals surface area contributed by atoms with Gasteiger partial charge in [-0.2, -0.15) is 9.78 Å². The Hall–Kier alpha value is -1.72. The van der Waals surface area contributed by atoms with E-state index in [2.05, 4.69) is 15.3 Å². The van der Waals surface area contributed by atoms with E-state index in [4.69, 9.17) is 0 Å². The normalized spacial score (nSPS) is 21.6. The van der Waals surface area contributed by atoms with Crippen LogP contribution in [0.15, 0.2) is 11.4 Å². The Labute approximate surface area is 81.2 Å². The van der Waals surface area contributed by atoms with Crippen LogP contribution in [-0.2, 0) is 4.79 Å². The van der Waals surface area contributed by atoms with Crippen molar-refractivity contribution in [2.45, 2.75) is 13.8 Å². The first-order valence-corrected chi connectivity index (χ1v) is 4.34. The number of carbonyl (C=O) groups is 1. The number of rotatable bonds is 0. The van der Waals surface area contributed by atoms with E-state index in [1.807, 2.05) is 13.8 Å². The van der Waals surface area contributed by atoms with Crippen LogP contribution >= 0.6 is 0 Å². The van der Waals surface area contributed by atoms with Gasteiger partial charge in [0.2, 0.25) is 5.91 Å². The number of aromatic nitrogens is 3. The summed E-state index contributed by atoms with van der Waals surface area (Å²) < 4.78 is 1.51. The Morgan fingerprint density at radius 3 is 2.93 bits per heavy atom. The van der Waals surface area contributed by atoms with Crippen LogP contribution in [-0.4, -0.2) is 33.5 Å². The van der Waals surface area contributed by atoms with Crippen LogP contribution in [0.3, 0.4) is 0 Å². The second kappa shape index (κ2) is 2.90. The van der Waals surface area contributed by atoms with E-state index in [0.29, 0.717) is 5.95 Å². The maximum Gasteiger partial charge on any atom is 0.254 e. The highest BCUT2D eigenvalue weighted by molar-refractivity contribution is 6.09. The predicted octanol–water partition coefficient (Wildman–Crippen LogP) is 0.115. The van der Waals surface area contributed by atoms with Gasteiger partial charge < -0.3 is 0 Å². The zero-order valence-electron chi connectivity index (χ0n) is 8.30. The molecule has 1 amide bonds. The molecule has 6 heteroatoms. The van der Waals surface area contributed by atoms with E-state index in [9.17, 15) is 4.79 Å². The van der Waals surface area contributed by atoms with Crippen LogP contribution in [0.1, 0.15) is 13.8 Å². The average molecular weight is 193 g/mol. The molecule has 74 valence electrons. The van der Waals surface area contributed by atoms with Gasteiger partial charge in [-0.1, -0.05) is 0 Å². The summed E-state index contributed by atoms with van der Waals surface area (Å²) in [5.74, 6) is 0.235. The summed E-state index contributed by atoms with van der Waals surface area (Å²) in [6, 6.07) is 0. The quantitative estimate of drug-likeness (QED) is 0.587. The minimum atomic E-state index is -0.207. The van der Waals surface area contributed by atoms with Gasteiger partial charge in [0.15, 0.2) is 0 Å². The zero-order chi connectivity index (χ0) is 10.3. The van der Waals surface area contributed by atoms with Gasteiger partial charge in [-0.3, -0.25) is 9.69 Å². The molecule has 2 rings (SSSR count). The largest absolute Gasteiger partial charge is 0.282 e. The second-order valence-electron chi connectivity index (χ2n) is 3.34. The van der Waals surface area contributed by atoms with Crippen molar-refractivity contribution in [2.24, 2.45) is 11.0 Å². The van der Waals surface area contributed by atoms with E-state index in [-0.39, 0.29) is 11.8 Å². The summed E-state index contributed by atoms with van der Waals surface area (Å²) in [5.41, 5.74) is 0.764. The monoisotopic (exact) mass is 193 g/mol. The van der Waals surface area contributed by atoms with Gasteiger partial charge in [-0.25, -0.2) is 0 Å². The van der Waals surface area contributed by atoms with Crippen molar-refractivity contribution in [1.29, 1.82) is 0 Å². The van der Waals surface area contributed by atoms with Crippen molar-refractivity contribution < 1.29 is 4.79 Å². The number of amides is 1. The maximum absolute atomic E-state index is 11.8. The van der Waals surface area contributed by atoms with Crippen LogP contribution < -0.4 is 4.90 Å². The molecule has 0 fully saturated rings. The van der Waals surface area contributed by atoms with Crippen LogP contribution in [0.5, 0.6) is 0 Å². The third-order valence-corrected chi connectivity index (χ3v) is 2.41. The number of hydrogen-bond acceptors (Lipinski definition) is 4. The van der Waals surface area contributed by atoms with Crippen LogP contribution in [0, 0.1) is 5.92 Å². The third-order valence-electron chi connectivity index (χ3n) is 2.41. The molecule has 1 aliphatic rings. The number of anilines is 1. The first-order chi connectivity index (χ1) is 6.61. The van der Waals surface area contributed by atoms with Gasteiger partial charge >= 0.3 is 0 Å². The highest BCUT2D eigenvalue weighted by atomic mass is 16.2. The van der Waals surface area contributed by atoms with E-state index in [1.54, 1.807) is 7.05 Å². The summed E-state index contributed by atoms with van der Waals surface area (Å²) in [6.45, 7) is 3.66. The highest BCUT2D eigenvalue weighted by Crippen LogP contribution is 2.17. The lowest BCUT2D eigenvalue weighted by Crippen LogP contribution is -2.33. The van der Waals surface area contributed by atoms with Crippen molar-refractivity contribution in [3.8, 4) is 0 Å². The fourth-order valence-corrected chi connectivity index (χ4v) is 1.34. The number of carbonyl (C=O) groups excluding carboxylic acids is 1. The topological polar surface area (TPSA) is 63.4 Å². The molecule has 0 radical (unpaired) electrons. The van der Waals surface area contributed by atoms with Gasteiger partial charge in [0.25, 0.3) is 5.95 Å². The van der Waals surface area contributed by atoms with Crippen LogP contribution in [0.2, 0.25) is 0 Å². The third kappa shape index (κ3) is 1.11. The van der Waals surface area contributed by atoms with E-state index in [0.717, 1.165) is 5.71 Å². The van der Waals surface area contributed by atoms with E-state index < -0.39 is 0 Å². The number of hydrogen-bond donors (Lipinski definition) is 0. The molecule has 2 heterocycles. The first-order valence-electron chi connectivity index (χ1n) is 4.34. The molecule has 0 bridgehead atoms. The van der Waals surface area contributed by atoms with Crippen molar-refractivity contribution in [2.75, 3.05) is 11.9 Å². The van der Waals surface area contributed by atoms with Gasteiger partial charge in [-0.15, -0.1) is 10.2 Å².